The molecule has 2 aromatic rings. The number of hydrogen-bond donors (Lipinski definition) is 1. The van der Waals surface area contributed by atoms with E-state index < -0.39 is 58.2 Å². The van der Waals surface area contributed by atoms with Crippen LogP contribution in [0.2, 0.25) is 28.2 Å². The van der Waals surface area contributed by atoms with Crippen LogP contribution in [0.3, 0.4) is 0 Å². The number of nitrogens with zero attached hydrogens (tertiary/aromatic N) is 3. The fourth-order valence-electron chi connectivity index (χ4n) is 4.05. The van der Waals surface area contributed by atoms with Gasteiger partial charge in [0.25, 0.3) is 0 Å². The minimum atomic E-state index is -4.37. The van der Waals surface area contributed by atoms with Gasteiger partial charge in [-0.1, -0.05) is 44.0 Å². The van der Waals surface area contributed by atoms with Crippen molar-refractivity contribution in [1.29, 1.82) is 5.26 Å². The molecule has 3 atom stereocenters. The van der Waals surface area contributed by atoms with Gasteiger partial charge in [-0.3, -0.25) is 0 Å². The van der Waals surface area contributed by atoms with Gasteiger partial charge in [0.2, 0.25) is 19.9 Å². The lowest BCUT2D eigenvalue weighted by Crippen LogP contribution is -2.58. The summed E-state index contributed by atoms with van der Waals surface area (Å²) in [7, 11) is -11.3. The van der Waals surface area contributed by atoms with E-state index in [4.69, 9.17) is 32.9 Å². The second-order valence-electron chi connectivity index (χ2n) is 10.9. The van der Waals surface area contributed by atoms with Gasteiger partial charge in [-0.05, 0) is 55.4 Å². The van der Waals surface area contributed by atoms with Crippen LogP contribution in [0, 0.1) is 11.3 Å². The first-order valence-corrected chi connectivity index (χ1v) is 18.4. The van der Waals surface area contributed by atoms with Gasteiger partial charge >= 0.3 is 0 Å². The first-order chi connectivity index (χ1) is 17.3. The number of β-amino-alcohol motifs (C(OH)–C–C–N with tert-alkyl or cyclic N) is 1. The van der Waals surface area contributed by atoms with Crippen LogP contribution in [0.15, 0.2) is 46.5 Å². The maximum absolute atomic E-state index is 13.8. The van der Waals surface area contributed by atoms with Gasteiger partial charge in [0.1, 0.15) is 15.7 Å². The summed E-state index contributed by atoms with van der Waals surface area (Å²) >= 11 is 12.1. The predicted octanol–water partition coefficient (Wildman–Crippen LogP) is 4.25. The number of sulfone groups is 1. The number of pyridine rings is 1. The van der Waals surface area contributed by atoms with Crippen molar-refractivity contribution in [1.82, 2.24) is 9.29 Å². The Hall–Kier alpha value is -1.56. The summed E-state index contributed by atoms with van der Waals surface area (Å²) in [6.07, 6.45) is 0.121. The molecule has 1 unspecified atom stereocenters. The lowest BCUT2D eigenvalue weighted by molar-refractivity contribution is -0.0446. The minimum Gasteiger partial charge on any atom is -0.411 e. The fourth-order valence-corrected chi connectivity index (χ4v) is 9.64. The molecular weight excluding hydrogens is 589 g/mol. The van der Waals surface area contributed by atoms with E-state index in [1.807, 2.05) is 39.9 Å². The van der Waals surface area contributed by atoms with E-state index in [-0.39, 0.29) is 30.6 Å². The van der Waals surface area contributed by atoms with E-state index in [0.717, 1.165) is 4.31 Å². The predicted molar refractivity (Wildman–Crippen MR) is 148 cm³/mol. The third kappa shape index (κ3) is 5.67. The van der Waals surface area contributed by atoms with Crippen molar-refractivity contribution in [2.45, 2.75) is 72.7 Å². The topological polar surface area (TPSA) is 138 Å². The van der Waals surface area contributed by atoms with Crippen molar-refractivity contribution in [3.63, 3.8) is 0 Å². The third-order valence-corrected chi connectivity index (χ3v) is 16.6. The highest BCUT2D eigenvalue weighted by Gasteiger charge is 2.59. The maximum atomic E-state index is 13.8. The summed E-state index contributed by atoms with van der Waals surface area (Å²) in [6.45, 7) is 10.4. The van der Waals surface area contributed by atoms with E-state index in [1.165, 1.54) is 36.5 Å². The highest BCUT2D eigenvalue weighted by atomic mass is 35.5. The van der Waals surface area contributed by atoms with Gasteiger partial charge in [0.05, 0.1) is 27.8 Å². The fraction of sp³-hybridized carbons (Fsp3) is 0.500. The smallest absolute Gasteiger partial charge is 0.244 e. The molecule has 1 aliphatic heterocycles. The highest BCUT2D eigenvalue weighted by molar-refractivity contribution is 7.92. The first-order valence-electron chi connectivity index (χ1n) is 11.7. The van der Waals surface area contributed by atoms with E-state index in [9.17, 15) is 21.9 Å². The van der Waals surface area contributed by atoms with Crippen LogP contribution in [-0.4, -0.2) is 69.6 Å². The molecule has 0 saturated carbocycles. The van der Waals surface area contributed by atoms with Gasteiger partial charge < -0.3 is 9.53 Å². The molecule has 1 N–H and O–H groups in total. The molecule has 3 rings (SSSR count). The molecular formula is C24H31Cl2N3O6S2Si. The van der Waals surface area contributed by atoms with E-state index >= 15 is 0 Å². The zero-order valence-electron chi connectivity index (χ0n) is 21.9. The number of aliphatic hydroxyl groups is 1. The molecule has 1 fully saturated rings. The number of benzene rings is 1. The van der Waals surface area contributed by atoms with Gasteiger partial charge in [0.15, 0.2) is 13.3 Å². The van der Waals surface area contributed by atoms with E-state index in [1.54, 1.807) is 6.92 Å². The molecule has 1 aromatic heterocycles. The molecule has 1 aliphatic rings. The van der Waals surface area contributed by atoms with Crippen LogP contribution in [0.25, 0.3) is 0 Å². The Morgan fingerprint density at radius 2 is 1.84 bits per heavy atom. The SMILES string of the molecule is CC(O[Si](C)(C)C(C)(C)C)[C@]1(O)CN(S(=O)(=O)c2ccc(C#N)cc2Cl)C[C@@H]1S(=O)(=O)c1ccc(Cl)cn1. The van der Waals surface area contributed by atoms with Crippen LogP contribution < -0.4 is 0 Å². The van der Waals surface area contributed by atoms with Gasteiger partial charge in [-0.15, -0.1) is 0 Å². The van der Waals surface area contributed by atoms with Gasteiger partial charge in [0, 0.05) is 19.3 Å². The molecule has 9 nitrogen and oxygen atoms in total. The Labute approximate surface area is 235 Å². The molecule has 2 heterocycles. The van der Waals surface area contributed by atoms with Crippen molar-refractivity contribution < 1.29 is 26.4 Å². The normalized spacial score (nSPS) is 22.3. The average Bonchev–Trinajstić information content (AvgIpc) is 3.18. The lowest BCUT2D eigenvalue weighted by Gasteiger charge is -2.43. The molecule has 0 spiro atoms. The summed E-state index contributed by atoms with van der Waals surface area (Å²) in [6, 6.07) is 8.16. The van der Waals surface area contributed by atoms with Crippen LogP contribution in [0.4, 0.5) is 0 Å². The standard InChI is InChI=1S/C24H31Cl2N3O6S2Si/c1-16(35-38(5,6)23(2,3)4)24(30)15-29(37(33,34)20-9-7-17(12-27)11-19(20)26)14-21(24)36(31,32)22-10-8-18(25)13-28-22/h7-11,13,16,21,30H,14-15H2,1-6H3/t16?,21-,24+/m0/s1. The molecule has 1 saturated heterocycles. The van der Waals surface area contributed by atoms with Gasteiger partial charge in [-0.2, -0.15) is 9.57 Å². The Bertz CT molecular complexity index is 1470. The quantitative estimate of drug-likeness (QED) is 0.454. The first kappa shape index (κ1) is 31.0. The molecule has 208 valence electrons. The van der Waals surface area contributed by atoms with Crippen LogP contribution >= 0.6 is 23.2 Å². The van der Waals surface area contributed by atoms with Crippen LogP contribution in [0.1, 0.15) is 33.3 Å². The second-order valence-corrected chi connectivity index (χ2v) is 20.5. The number of nitriles is 1. The zero-order chi connectivity index (χ0) is 28.9. The van der Waals surface area contributed by atoms with Crippen molar-refractivity contribution in [3.8, 4) is 6.07 Å². The Morgan fingerprint density at radius 1 is 1.21 bits per heavy atom. The monoisotopic (exact) mass is 619 g/mol. The maximum Gasteiger partial charge on any atom is 0.244 e. The number of sulfonamides is 1. The van der Waals surface area contributed by atoms with E-state index in [2.05, 4.69) is 4.98 Å². The third-order valence-electron chi connectivity index (χ3n) is 7.38. The Balaban J connectivity index is 2.13. The highest BCUT2D eigenvalue weighted by Crippen LogP contribution is 2.43. The number of halogens is 2. The van der Waals surface area contributed by atoms with Crippen LogP contribution in [0.5, 0.6) is 0 Å². The van der Waals surface area contributed by atoms with Crippen molar-refractivity contribution in [2.75, 3.05) is 13.1 Å². The summed E-state index contributed by atoms with van der Waals surface area (Å²) in [5.74, 6) is 0. The Morgan fingerprint density at radius 3 is 2.34 bits per heavy atom. The molecule has 0 radical (unpaired) electrons. The summed E-state index contributed by atoms with van der Waals surface area (Å²) < 4.78 is 62.2. The second kappa shape index (κ2) is 10.4. The number of hydrogen-bond acceptors (Lipinski definition) is 8. The summed E-state index contributed by atoms with van der Waals surface area (Å²) in [5.41, 5.74) is -1.96. The molecule has 0 aliphatic carbocycles. The van der Waals surface area contributed by atoms with Crippen LogP contribution in [-0.2, 0) is 24.3 Å². The zero-order valence-corrected chi connectivity index (χ0v) is 26.1. The molecule has 38 heavy (non-hydrogen) atoms. The number of aromatic nitrogens is 1. The number of rotatable bonds is 7. The molecule has 1 aromatic carbocycles. The molecule has 14 heteroatoms. The van der Waals surface area contributed by atoms with Crippen molar-refractivity contribution in [3.05, 3.63) is 52.1 Å². The van der Waals surface area contributed by atoms with Gasteiger partial charge in [-0.25, -0.2) is 21.8 Å². The lowest BCUT2D eigenvalue weighted by atomic mass is 9.97. The average molecular weight is 621 g/mol. The van der Waals surface area contributed by atoms with Crippen molar-refractivity contribution in [2.24, 2.45) is 0 Å². The van der Waals surface area contributed by atoms with E-state index in [0.29, 0.717) is 0 Å². The Kier molecular flexibility index (Phi) is 8.51. The minimum absolute atomic E-state index is 0.164. The summed E-state index contributed by atoms with van der Waals surface area (Å²) in [4.78, 5) is 3.62. The van der Waals surface area contributed by atoms with Crippen molar-refractivity contribution >= 4 is 51.4 Å². The largest absolute Gasteiger partial charge is 0.411 e. The molecule has 0 bridgehead atoms. The summed E-state index contributed by atoms with van der Waals surface area (Å²) in [5, 5.41) is 18.9. The molecule has 0 amide bonds.